The normalized spacial score (nSPS) is 39.7. The van der Waals surface area contributed by atoms with Gasteiger partial charge in [0.1, 0.15) is 35.5 Å². The standard InChI is InChI=1S/C42H66FNO11/c1-12-32-42(8,49)37(47)25(4)34(46)23(2)21-41(7,51-11)38(55-40-36(50-10)31(18-24(3)52-40)44(9)22-28-16-17-28)26(5)35(27(6)39(48)53-32)54-33(45)20-29-14-13-15-30(43)19-29/h13-15,19,23-28,31-32,35-38,40,47,49H,12,16-18,20-22H2,1-11H3/t23-,24+,25-,26+,27-,31-,32-,35+,36+,37-,38-,40?,41-,42-/m1/s1. The van der Waals surface area contributed by atoms with E-state index < -0.39 is 89.4 Å². The van der Waals surface area contributed by atoms with Gasteiger partial charge in [0, 0.05) is 44.6 Å². The van der Waals surface area contributed by atoms with E-state index in [1.54, 1.807) is 54.7 Å². The lowest BCUT2D eigenvalue weighted by atomic mass is 9.74. The van der Waals surface area contributed by atoms with Gasteiger partial charge in [0.2, 0.25) is 0 Å². The third-order valence-electron chi connectivity index (χ3n) is 12.4. The van der Waals surface area contributed by atoms with E-state index in [2.05, 4.69) is 11.9 Å². The molecule has 1 aromatic rings. The number of rotatable bonds is 11. The van der Waals surface area contributed by atoms with E-state index in [0.29, 0.717) is 17.9 Å². The van der Waals surface area contributed by atoms with Crippen molar-refractivity contribution in [3.63, 3.8) is 0 Å². The summed E-state index contributed by atoms with van der Waals surface area (Å²) in [5.41, 5.74) is -2.89. The smallest absolute Gasteiger partial charge is 0.312 e. The number of likely N-dealkylation sites (N-methyl/N-ethyl adjacent to an activating group) is 1. The maximum Gasteiger partial charge on any atom is 0.312 e. The first-order chi connectivity index (χ1) is 25.8. The molecule has 0 bridgehead atoms. The van der Waals surface area contributed by atoms with Crippen molar-refractivity contribution < 1.29 is 57.4 Å². The van der Waals surface area contributed by atoms with E-state index in [-0.39, 0.29) is 37.2 Å². The van der Waals surface area contributed by atoms with Gasteiger partial charge in [-0.25, -0.2) is 4.39 Å². The first-order valence-corrected chi connectivity index (χ1v) is 19.9. The van der Waals surface area contributed by atoms with Crippen LogP contribution in [0.4, 0.5) is 4.39 Å². The monoisotopic (exact) mass is 779 g/mol. The Morgan fingerprint density at radius 2 is 1.73 bits per heavy atom. The molecule has 3 fully saturated rings. The van der Waals surface area contributed by atoms with Crippen molar-refractivity contribution in [2.24, 2.45) is 29.6 Å². The molecule has 0 amide bonds. The zero-order chi connectivity index (χ0) is 41.0. The van der Waals surface area contributed by atoms with Crippen molar-refractivity contribution in [3.8, 4) is 0 Å². The van der Waals surface area contributed by atoms with Crippen LogP contribution in [0.1, 0.15) is 93.1 Å². The summed E-state index contributed by atoms with van der Waals surface area (Å²) >= 11 is 0. The Balaban J connectivity index is 1.82. The topological polar surface area (TPSA) is 150 Å². The van der Waals surface area contributed by atoms with E-state index in [1.165, 1.54) is 45.1 Å². The summed E-state index contributed by atoms with van der Waals surface area (Å²) in [4.78, 5) is 44.2. The number of esters is 2. The van der Waals surface area contributed by atoms with Crippen molar-refractivity contribution in [2.75, 3.05) is 27.8 Å². The Labute approximate surface area is 326 Å². The molecule has 312 valence electrons. The number of aliphatic hydroxyl groups excluding tert-OH is 1. The third-order valence-corrected chi connectivity index (χ3v) is 12.4. The fourth-order valence-corrected chi connectivity index (χ4v) is 8.80. The van der Waals surface area contributed by atoms with Crippen molar-refractivity contribution in [1.29, 1.82) is 0 Å². The average Bonchev–Trinajstić information content (AvgIpc) is 3.96. The number of aliphatic hydroxyl groups is 2. The van der Waals surface area contributed by atoms with E-state index in [9.17, 15) is 29.0 Å². The van der Waals surface area contributed by atoms with Crippen LogP contribution in [0.3, 0.4) is 0 Å². The van der Waals surface area contributed by atoms with Crippen LogP contribution in [-0.2, 0) is 49.2 Å². The molecule has 0 aromatic heterocycles. The number of Topliss-reactive ketones (excluding diaryl/α,β-unsaturated/α-hetero) is 1. The van der Waals surface area contributed by atoms with Crippen LogP contribution in [0.5, 0.6) is 0 Å². The molecule has 13 heteroatoms. The van der Waals surface area contributed by atoms with Crippen molar-refractivity contribution in [1.82, 2.24) is 4.90 Å². The van der Waals surface area contributed by atoms with Gasteiger partial charge >= 0.3 is 11.9 Å². The highest BCUT2D eigenvalue weighted by molar-refractivity contribution is 5.83. The zero-order valence-electron chi connectivity index (χ0n) is 34.7. The quantitative estimate of drug-likeness (QED) is 0.295. The largest absolute Gasteiger partial charge is 0.461 e. The molecule has 4 rings (SSSR count). The third kappa shape index (κ3) is 10.7. The Morgan fingerprint density at radius 1 is 1.05 bits per heavy atom. The zero-order valence-corrected chi connectivity index (χ0v) is 34.7. The van der Waals surface area contributed by atoms with Crippen molar-refractivity contribution in [2.45, 2.75) is 154 Å². The van der Waals surface area contributed by atoms with Crippen molar-refractivity contribution in [3.05, 3.63) is 35.6 Å². The van der Waals surface area contributed by atoms with Gasteiger partial charge in [-0.15, -0.1) is 0 Å². The number of cyclic esters (lactones) is 1. The van der Waals surface area contributed by atoms with Gasteiger partial charge in [0.25, 0.3) is 0 Å². The Bertz CT molecular complexity index is 1460. The molecule has 1 unspecified atom stereocenters. The number of ketones is 1. The summed E-state index contributed by atoms with van der Waals surface area (Å²) in [5, 5.41) is 23.1. The van der Waals surface area contributed by atoms with E-state index in [1.807, 2.05) is 6.92 Å². The molecule has 1 aromatic carbocycles. The predicted octanol–water partition coefficient (Wildman–Crippen LogP) is 4.88. The summed E-state index contributed by atoms with van der Waals surface area (Å²) < 4.78 is 52.1. The molecule has 2 N–H and O–H groups in total. The summed E-state index contributed by atoms with van der Waals surface area (Å²) in [6.45, 7) is 14.4. The molecule has 3 aliphatic rings. The lowest BCUT2D eigenvalue weighted by molar-refractivity contribution is -0.306. The SMILES string of the molecule is CC[C@H]1OC(=O)[C@H](C)[C@@H](OC(=O)Cc2cccc(F)c2)[C@H](C)[C@@H](OC2O[C@@H](C)C[C@@H](N(C)CC3CC3)[C@@H]2OC)[C@](C)(OC)C[C@@H](C)C(=O)[C@@H](C)[C@@H](O)[C@]1(C)O. The second-order valence-electron chi connectivity index (χ2n) is 17.0. The van der Waals surface area contributed by atoms with E-state index in [4.69, 9.17) is 28.4 Å². The minimum atomic E-state index is -2.00. The maximum absolute atomic E-state index is 14.1. The Hall–Kier alpha value is -2.52. The van der Waals surface area contributed by atoms with Gasteiger partial charge in [0.15, 0.2) is 6.29 Å². The van der Waals surface area contributed by atoms with Crippen LogP contribution in [0.15, 0.2) is 24.3 Å². The first kappa shape index (κ1) is 45.2. The molecule has 2 saturated heterocycles. The molecule has 12 nitrogen and oxygen atoms in total. The minimum absolute atomic E-state index is 0.0441. The summed E-state index contributed by atoms with van der Waals surface area (Å²) in [5.74, 6) is -5.38. The fourth-order valence-electron chi connectivity index (χ4n) is 8.80. The average molecular weight is 780 g/mol. The molecule has 2 heterocycles. The van der Waals surface area contributed by atoms with Gasteiger partial charge in [-0.3, -0.25) is 14.4 Å². The van der Waals surface area contributed by atoms with Gasteiger partial charge < -0.3 is 43.5 Å². The number of halogens is 1. The molecule has 55 heavy (non-hydrogen) atoms. The molecular weight excluding hydrogens is 713 g/mol. The molecular formula is C42H66FNO11. The van der Waals surface area contributed by atoms with Crippen molar-refractivity contribution >= 4 is 17.7 Å². The highest BCUT2D eigenvalue weighted by atomic mass is 19.1. The van der Waals surface area contributed by atoms with E-state index >= 15 is 0 Å². The number of carbonyl (C=O) groups is 3. The number of nitrogens with zero attached hydrogens (tertiary/aromatic N) is 1. The predicted molar refractivity (Wildman–Crippen MR) is 202 cm³/mol. The van der Waals surface area contributed by atoms with E-state index in [0.717, 1.165) is 6.54 Å². The summed E-state index contributed by atoms with van der Waals surface area (Å²) in [6.07, 6.45) is -3.59. The molecule has 2 aliphatic heterocycles. The fraction of sp³-hybridized carbons (Fsp3) is 0.786. The molecule has 14 atom stereocenters. The Morgan fingerprint density at radius 3 is 2.31 bits per heavy atom. The number of hydrogen-bond acceptors (Lipinski definition) is 12. The molecule has 1 aliphatic carbocycles. The summed E-state index contributed by atoms with van der Waals surface area (Å²) in [7, 11) is 5.20. The van der Waals surface area contributed by atoms with Crippen LogP contribution >= 0.6 is 0 Å². The number of carbonyl (C=O) groups excluding carboxylic acids is 3. The number of methoxy groups -OCH3 is 2. The second kappa shape index (κ2) is 18.8. The number of hydrogen-bond donors (Lipinski definition) is 2. The van der Waals surface area contributed by atoms with Crippen LogP contribution in [0.25, 0.3) is 0 Å². The highest BCUT2D eigenvalue weighted by Crippen LogP contribution is 2.41. The number of benzene rings is 1. The maximum atomic E-state index is 14.1. The second-order valence-corrected chi connectivity index (χ2v) is 17.0. The minimum Gasteiger partial charge on any atom is -0.461 e. The Kier molecular flexibility index (Phi) is 15.5. The van der Waals surface area contributed by atoms with Gasteiger partial charge in [0.05, 0.1) is 36.3 Å². The van der Waals surface area contributed by atoms with Gasteiger partial charge in [-0.2, -0.15) is 0 Å². The van der Waals surface area contributed by atoms with Crippen LogP contribution in [0, 0.1) is 35.4 Å². The first-order valence-electron chi connectivity index (χ1n) is 19.9. The van der Waals surface area contributed by atoms with Gasteiger partial charge in [-0.05, 0) is 90.5 Å². The highest BCUT2D eigenvalue weighted by Gasteiger charge is 2.53. The lowest BCUT2D eigenvalue weighted by Crippen LogP contribution is -2.61. The number of ether oxygens (including phenoxy) is 6. The molecule has 1 saturated carbocycles. The molecule has 0 spiro atoms. The van der Waals surface area contributed by atoms with Crippen LogP contribution < -0.4 is 0 Å². The van der Waals surface area contributed by atoms with Crippen LogP contribution in [0.2, 0.25) is 0 Å². The van der Waals surface area contributed by atoms with Crippen LogP contribution in [-0.4, -0.2) is 121 Å². The van der Waals surface area contributed by atoms with Gasteiger partial charge in [-0.1, -0.05) is 39.8 Å². The lowest BCUT2D eigenvalue weighted by Gasteiger charge is -2.49. The molecule has 0 radical (unpaired) electrons. The summed E-state index contributed by atoms with van der Waals surface area (Å²) in [6, 6.07) is 5.58.